The van der Waals surface area contributed by atoms with Gasteiger partial charge in [-0.3, -0.25) is 9.69 Å². The van der Waals surface area contributed by atoms with Crippen LogP contribution in [0.5, 0.6) is 0 Å². The number of piperazine rings is 1. The lowest BCUT2D eigenvalue weighted by molar-refractivity contribution is -0.129. The van der Waals surface area contributed by atoms with E-state index in [1.165, 1.54) is 0 Å². The fourth-order valence-corrected chi connectivity index (χ4v) is 1.89. The average molecular weight is 249 g/mol. The Morgan fingerprint density at radius 3 is 2.39 bits per heavy atom. The molecule has 1 aliphatic heterocycles. The molecular formula is C12H19N5O. The van der Waals surface area contributed by atoms with Gasteiger partial charge in [-0.25, -0.2) is 9.97 Å². The second kappa shape index (κ2) is 5.77. The molecule has 0 aromatic carbocycles. The molecule has 0 aliphatic carbocycles. The topological polar surface area (TPSA) is 52.6 Å². The zero-order chi connectivity index (χ0) is 13.0. The van der Waals surface area contributed by atoms with Crippen LogP contribution in [0.4, 0.5) is 5.95 Å². The zero-order valence-corrected chi connectivity index (χ0v) is 10.9. The van der Waals surface area contributed by atoms with Gasteiger partial charge in [-0.15, -0.1) is 0 Å². The summed E-state index contributed by atoms with van der Waals surface area (Å²) in [6.07, 6.45) is 3.51. The Morgan fingerprint density at radius 2 is 1.83 bits per heavy atom. The highest BCUT2D eigenvalue weighted by Gasteiger charge is 2.20. The maximum atomic E-state index is 11.6. The van der Waals surface area contributed by atoms with Crippen LogP contribution in [0.1, 0.15) is 0 Å². The smallest absolute Gasteiger partial charge is 0.236 e. The third-order valence-corrected chi connectivity index (χ3v) is 3.06. The van der Waals surface area contributed by atoms with Crippen molar-refractivity contribution in [3.8, 4) is 0 Å². The van der Waals surface area contributed by atoms with Gasteiger partial charge in [0.2, 0.25) is 11.9 Å². The van der Waals surface area contributed by atoms with E-state index in [0.29, 0.717) is 6.54 Å². The van der Waals surface area contributed by atoms with Gasteiger partial charge in [0.05, 0.1) is 6.54 Å². The van der Waals surface area contributed by atoms with Crippen LogP contribution in [-0.2, 0) is 4.79 Å². The van der Waals surface area contributed by atoms with Gasteiger partial charge < -0.3 is 9.80 Å². The largest absolute Gasteiger partial charge is 0.348 e. The highest BCUT2D eigenvalue weighted by molar-refractivity contribution is 5.77. The first-order valence-electron chi connectivity index (χ1n) is 6.11. The molecule has 2 rings (SSSR count). The Hall–Kier alpha value is -1.69. The van der Waals surface area contributed by atoms with Crippen LogP contribution in [0, 0.1) is 0 Å². The van der Waals surface area contributed by atoms with E-state index >= 15 is 0 Å². The summed E-state index contributed by atoms with van der Waals surface area (Å²) in [5.74, 6) is 0.926. The first-order valence-corrected chi connectivity index (χ1v) is 6.11. The Bertz CT molecular complexity index is 387. The number of hydrogen-bond acceptors (Lipinski definition) is 5. The molecule has 1 saturated heterocycles. The zero-order valence-electron chi connectivity index (χ0n) is 10.9. The van der Waals surface area contributed by atoms with E-state index < -0.39 is 0 Å². The standard InChI is InChI=1S/C12H19N5O/c1-15(2)11(18)10-16-6-8-17(9-7-16)12-13-4-3-5-14-12/h3-5H,6-10H2,1-2H3. The van der Waals surface area contributed by atoms with E-state index in [1.54, 1.807) is 31.4 Å². The highest BCUT2D eigenvalue weighted by atomic mass is 16.2. The van der Waals surface area contributed by atoms with Crippen molar-refractivity contribution in [3.05, 3.63) is 18.5 Å². The molecule has 0 atom stereocenters. The predicted molar refractivity (Wildman–Crippen MR) is 69.4 cm³/mol. The fraction of sp³-hybridized carbons (Fsp3) is 0.583. The number of likely N-dealkylation sites (N-methyl/N-ethyl adjacent to an activating group) is 1. The summed E-state index contributed by atoms with van der Waals surface area (Å²) < 4.78 is 0. The first-order chi connectivity index (χ1) is 8.66. The Morgan fingerprint density at radius 1 is 1.22 bits per heavy atom. The molecule has 2 heterocycles. The van der Waals surface area contributed by atoms with Crippen LogP contribution in [0.2, 0.25) is 0 Å². The molecule has 18 heavy (non-hydrogen) atoms. The Labute approximate surface area is 107 Å². The summed E-state index contributed by atoms with van der Waals surface area (Å²) in [4.78, 5) is 26.0. The normalized spacial score (nSPS) is 16.7. The summed E-state index contributed by atoms with van der Waals surface area (Å²) in [6, 6.07) is 1.81. The molecule has 0 bridgehead atoms. The molecule has 0 saturated carbocycles. The minimum Gasteiger partial charge on any atom is -0.348 e. The number of carbonyl (C=O) groups is 1. The molecule has 1 aromatic heterocycles. The van der Waals surface area contributed by atoms with E-state index in [-0.39, 0.29) is 5.91 Å². The first kappa shape index (κ1) is 12.8. The average Bonchev–Trinajstić information content (AvgIpc) is 2.40. The molecule has 98 valence electrons. The highest BCUT2D eigenvalue weighted by Crippen LogP contribution is 2.09. The van der Waals surface area contributed by atoms with Gasteiger partial charge >= 0.3 is 0 Å². The second-order valence-electron chi connectivity index (χ2n) is 4.60. The lowest BCUT2D eigenvalue weighted by Crippen LogP contribution is -2.49. The minimum atomic E-state index is 0.152. The van der Waals surface area contributed by atoms with Gasteiger partial charge in [-0.1, -0.05) is 0 Å². The van der Waals surface area contributed by atoms with Crippen LogP contribution in [0.15, 0.2) is 18.5 Å². The second-order valence-corrected chi connectivity index (χ2v) is 4.60. The minimum absolute atomic E-state index is 0.152. The summed E-state index contributed by atoms with van der Waals surface area (Å²) in [5.41, 5.74) is 0. The lowest BCUT2D eigenvalue weighted by Gasteiger charge is -2.34. The van der Waals surface area contributed by atoms with Gasteiger partial charge in [0.25, 0.3) is 0 Å². The molecule has 1 aliphatic rings. The molecule has 1 amide bonds. The SMILES string of the molecule is CN(C)C(=O)CN1CCN(c2ncccn2)CC1. The maximum Gasteiger partial charge on any atom is 0.236 e. The summed E-state index contributed by atoms with van der Waals surface area (Å²) in [6.45, 7) is 3.97. The van der Waals surface area contributed by atoms with E-state index in [2.05, 4.69) is 19.8 Å². The molecule has 1 fully saturated rings. The lowest BCUT2D eigenvalue weighted by atomic mass is 10.3. The predicted octanol–water partition coefficient (Wildman–Crippen LogP) is -0.313. The number of anilines is 1. The molecule has 0 unspecified atom stereocenters. The molecule has 0 radical (unpaired) electrons. The summed E-state index contributed by atoms with van der Waals surface area (Å²) in [5, 5.41) is 0. The van der Waals surface area contributed by atoms with Gasteiger partial charge in [0.15, 0.2) is 0 Å². The number of nitrogens with zero attached hydrogens (tertiary/aromatic N) is 5. The maximum absolute atomic E-state index is 11.6. The van der Waals surface area contributed by atoms with Crippen molar-refractivity contribution in [1.82, 2.24) is 19.8 Å². The molecule has 6 heteroatoms. The van der Waals surface area contributed by atoms with E-state index in [0.717, 1.165) is 32.1 Å². The van der Waals surface area contributed by atoms with E-state index in [1.807, 2.05) is 6.07 Å². The van der Waals surface area contributed by atoms with Crippen molar-refractivity contribution in [2.24, 2.45) is 0 Å². The molecule has 0 N–H and O–H groups in total. The monoisotopic (exact) mass is 249 g/mol. The van der Waals surface area contributed by atoms with E-state index in [4.69, 9.17) is 0 Å². The van der Waals surface area contributed by atoms with Crippen molar-refractivity contribution in [2.75, 3.05) is 51.7 Å². The van der Waals surface area contributed by atoms with E-state index in [9.17, 15) is 4.79 Å². The molecule has 1 aromatic rings. The Kier molecular flexibility index (Phi) is 4.09. The van der Waals surface area contributed by atoms with Gasteiger partial charge in [-0.2, -0.15) is 0 Å². The van der Waals surface area contributed by atoms with Crippen molar-refractivity contribution >= 4 is 11.9 Å². The summed E-state index contributed by atoms with van der Waals surface area (Å²) >= 11 is 0. The number of carbonyl (C=O) groups excluding carboxylic acids is 1. The number of amides is 1. The summed E-state index contributed by atoms with van der Waals surface area (Å²) in [7, 11) is 3.58. The van der Waals surface area contributed by atoms with Crippen LogP contribution in [0.3, 0.4) is 0 Å². The van der Waals surface area contributed by atoms with Crippen LogP contribution in [0.25, 0.3) is 0 Å². The fourth-order valence-electron chi connectivity index (χ4n) is 1.89. The molecule has 6 nitrogen and oxygen atoms in total. The van der Waals surface area contributed by atoms with Gasteiger partial charge in [0, 0.05) is 52.7 Å². The number of hydrogen-bond donors (Lipinski definition) is 0. The van der Waals surface area contributed by atoms with Crippen molar-refractivity contribution < 1.29 is 4.79 Å². The van der Waals surface area contributed by atoms with Crippen LogP contribution >= 0.6 is 0 Å². The number of aromatic nitrogens is 2. The Balaban J connectivity index is 1.83. The van der Waals surface area contributed by atoms with Crippen molar-refractivity contribution in [1.29, 1.82) is 0 Å². The van der Waals surface area contributed by atoms with Gasteiger partial charge in [0.1, 0.15) is 0 Å². The molecule has 0 spiro atoms. The van der Waals surface area contributed by atoms with Gasteiger partial charge in [-0.05, 0) is 6.07 Å². The quantitative estimate of drug-likeness (QED) is 0.735. The van der Waals surface area contributed by atoms with Crippen LogP contribution < -0.4 is 4.90 Å². The van der Waals surface area contributed by atoms with Crippen molar-refractivity contribution in [3.63, 3.8) is 0 Å². The number of rotatable bonds is 3. The van der Waals surface area contributed by atoms with Crippen molar-refractivity contribution in [2.45, 2.75) is 0 Å². The third-order valence-electron chi connectivity index (χ3n) is 3.06. The van der Waals surface area contributed by atoms with Crippen LogP contribution in [-0.4, -0.2) is 72.5 Å². The third kappa shape index (κ3) is 3.16. The molecular weight excluding hydrogens is 230 g/mol.